The molecule has 0 aliphatic rings. The van der Waals surface area contributed by atoms with E-state index in [-0.39, 0.29) is 17.4 Å². The summed E-state index contributed by atoms with van der Waals surface area (Å²) in [7, 11) is -2.59. The fraction of sp³-hybridized carbons (Fsp3) is 0.770. The minimum Gasteiger partial charge on any atom is -0.466 e. The Morgan fingerprint density at radius 1 is 0.248 bits per heavy atom. The van der Waals surface area contributed by atoms with Crippen LogP contribution >= 0.6 is 37.9 Å². The van der Waals surface area contributed by atoms with E-state index in [0.29, 0.717) is 26.1 Å². The largest absolute Gasteiger partial charge is 0.466 e. The molecule has 4 aromatic carbocycles. The van der Waals surface area contributed by atoms with Gasteiger partial charge >= 0.3 is 27.1 Å². The normalized spacial score (nSPS) is 12.1. The molecule has 4 aromatic rings. The summed E-state index contributed by atoms with van der Waals surface area (Å²) in [5.74, 6) is 5.70. The van der Waals surface area contributed by atoms with E-state index in [4.69, 9.17) is 27.6 Å². The standard InChI is InChI=1S/C113H194O8P2S2/c1-7-11-15-19-23-27-31-39-47-55-63-71-83-103-85-75-77-87-109(103)120-122(124-101-81-69-61-53-45-37-35-41-49-57-65-73-89-111(114)116-99-79-67-59-51-43-33-29-25-21-17-13-9-3)118-107-95-91-105(92-96-107)113(5,6)106-93-97-108(98-94-106)119-123(121-110-88-78-76-86-104(110)84-72-64-56-48-40-32-28-24-20-16-12-8-2)125-102-82-70-62-54-46-38-36-42-50-58-66-74-90-112(115)117-100-80-68-60-52-44-34-30-26-22-18-14-10-4/h75-78,85-88,91-98H,7-74,79-84,89-90,99-102H2,1-6H3. The van der Waals surface area contributed by atoms with Crippen molar-refractivity contribution < 1.29 is 37.2 Å². The number of hydrogen-bond acceptors (Lipinski definition) is 10. The Morgan fingerprint density at radius 2 is 0.464 bits per heavy atom. The number of carbonyl (C=O) groups excluding carboxylic acids is 2. The SMILES string of the molecule is CCCCCCCCCCCCCCOC(=O)CCCCCCCCCCCCCCSP(Oc1ccc(C(C)(C)c2ccc(OP(Oc3ccccc3CCCCCCCCCCCCCC)SCCCCCCCCCCCCCCC(=O)OCCCCCCCCCCCCCC)cc2)cc1)Oc1ccccc1CCCCCCCCCCCCCC. The van der Waals surface area contributed by atoms with E-state index in [9.17, 15) is 9.59 Å². The van der Waals surface area contributed by atoms with Crippen molar-refractivity contribution in [3.8, 4) is 23.0 Å². The first-order chi connectivity index (χ1) is 61.7. The van der Waals surface area contributed by atoms with Crippen molar-refractivity contribution in [1.82, 2.24) is 0 Å². The number of esters is 2. The molecule has 2 atom stereocenters. The van der Waals surface area contributed by atoms with Crippen molar-refractivity contribution in [2.24, 2.45) is 0 Å². The van der Waals surface area contributed by atoms with E-state index in [0.717, 1.165) is 98.7 Å². The second-order valence-corrected chi connectivity index (χ2v) is 44.1. The molecule has 0 radical (unpaired) electrons. The third kappa shape index (κ3) is 65.8. The quantitative estimate of drug-likeness (QED) is 0.0242. The van der Waals surface area contributed by atoms with Gasteiger partial charge < -0.3 is 27.6 Å². The van der Waals surface area contributed by atoms with Crippen LogP contribution in [0.25, 0.3) is 0 Å². The molecule has 4 rings (SSSR count). The van der Waals surface area contributed by atoms with Crippen molar-refractivity contribution in [1.29, 1.82) is 0 Å². The molecule has 0 heterocycles. The van der Waals surface area contributed by atoms with Gasteiger partial charge in [-0.1, -0.05) is 513 Å². The molecule has 2 unspecified atom stereocenters. The van der Waals surface area contributed by atoms with Crippen LogP contribution in [0.1, 0.15) is 539 Å². The number of benzene rings is 4. The lowest BCUT2D eigenvalue weighted by Crippen LogP contribution is -2.18. The number of aryl methyl sites for hydroxylation is 2. The minimum atomic E-state index is -1.30. The van der Waals surface area contributed by atoms with E-state index >= 15 is 0 Å². The van der Waals surface area contributed by atoms with E-state index in [1.807, 2.05) is 22.8 Å². The average Bonchev–Trinajstić information content (AvgIpc) is 0.799. The molecular formula is C113H194O8P2S2. The van der Waals surface area contributed by atoms with E-state index in [2.05, 4.69) is 139 Å². The molecule has 0 aliphatic heterocycles. The zero-order valence-electron chi connectivity index (χ0n) is 82.3. The first-order valence-electron chi connectivity index (χ1n) is 53.9. The molecule has 0 aromatic heterocycles. The summed E-state index contributed by atoms with van der Waals surface area (Å²) in [6.45, 7) is 15.0. The molecule has 8 nitrogen and oxygen atoms in total. The Morgan fingerprint density at radius 3 is 0.720 bits per heavy atom. The van der Waals surface area contributed by atoms with Crippen molar-refractivity contribution in [2.75, 3.05) is 24.7 Å². The van der Waals surface area contributed by atoms with Crippen LogP contribution in [-0.4, -0.2) is 36.7 Å². The van der Waals surface area contributed by atoms with Gasteiger partial charge in [-0.2, -0.15) is 0 Å². The number of carbonyl (C=O) groups is 2. The average molecular weight is 1810 g/mol. The lowest BCUT2D eigenvalue weighted by molar-refractivity contribution is -0.144. The summed E-state index contributed by atoms with van der Waals surface area (Å²) in [4.78, 5) is 24.7. The molecule has 12 heteroatoms. The van der Waals surface area contributed by atoms with Gasteiger partial charge in [0.25, 0.3) is 0 Å². The highest BCUT2D eigenvalue weighted by Crippen LogP contribution is 2.55. The molecule has 0 spiro atoms. The molecule has 0 amide bonds. The van der Waals surface area contributed by atoms with Crippen LogP contribution in [-0.2, 0) is 37.3 Å². The molecule has 0 saturated carbocycles. The van der Waals surface area contributed by atoms with E-state index in [1.165, 1.54) is 433 Å². The Labute approximate surface area is 783 Å². The van der Waals surface area contributed by atoms with Crippen molar-refractivity contribution >= 4 is 49.9 Å². The molecule has 0 fully saturated rings. The maximum Gasteiger partial charge on any atom is 0.360 e. The number of ether oxygens (including phenoxy) is 2. The monoisotopic (exact) mass is 1810 g/mol. The molecule has 0 bridgehead atoms. The molecular weight excluding hydrogens is 1610 g/mol. The zero-order valence-corrected chi connectivity index (χ0v) is 85.7. The Balaban J connectivity index is 1.24. The third-order valence-electron chi connectivity index (χ3n) is 25.9. The predicted molar refractivity (Wildman–Crippen MR) is 553 cm³/mol. The summed E-state index contributed by atoms with van der Waals surface area (Å²) in [6, 6.07) is 35.2. The highest BCUT2D eigenvalue weighted by molar-refractivity contribution is 8.53. The summed E-state index contributed by atoms with van der Waals surface area (Å²) in [5, 5.41) is 0. The van der Waals surface area contributed by atoms with E-state index < -0.39 is 15.2 Å². The Hall–Kier alpha value is -3.42. The second kappa shape index (κ2) is 84.8. The van der Waals surface area contributed by atoms with Gasteiger partial charge in [0.2, 0.25) is 0 Å². The van der Waals surface area contributed by atoms with Crippen LogP contribution in [0.5, 0.6) is 23.0 Å². The van der Waals surface area contributed by atoms with Gasteiger partial charge in [0.15, 0.2) is 0 Å². The summed E-state index contributed by atoms with van der Waals surface area (Å²) < 4.78 is 39.0. The van der Waals surface area contributed by atoms with Gasteiger partial charge in [0, 0.05) is 29.8 Å². The number of rotatable bonds is 94. The van der Waals surface area contributed by atoms with Crippen LogP contribution in [0.3, 0.4) is 0 Å². The molecule has 0 N–H and O–H groups in total. The summed E-state index contributed by atoms with van der Waals surface area (Å²) in [6.07, 6.45) is 97.1. The van der Waals surface area contributed by atoms with Crippen LogP contribution in [0.2, 0.25) is 0 Å². The maximum atomic E-state index is 12.3. The van der Waals surface area contributed by atoms with Crippen molar-refractivity contribution in [3.05, 3.63) is 119 Å². The lowest BCUT2D eigenvalue weighted by atomic mass is 9.78. The fourth-order valence-electron chi connectivity index (χ4n) is 17.4. The molecule has 0 aliphatic carbocycles. The van der Waals surface area contributed by atoms with Gasteiger partial charge in [0.1, 0.15) is 23.0 Å². The fourth-order valence-corrected chi connectivity index (χ4v) is 23.2. The number of hydrogen-bond donors (Lipinski definition) is 0. The number of para-hydroxylation sites is 2. The molecule has 716 valence electrons. The highest BCUT2D eigenvalue weighted by atomic mass is 32.7. The predicted octanol–water partition coefficient (Wildman–Crippen LogP) is 40.0. The summed E-state index contributed by atoms with van der Waals surface area (Å²) >= 11 is 3.73. The van der Waals surface area contributed by atoms with Crippen LogP contribution in [0.15, 0.2) is 97.1 Å². The zero-order chi connectivity index (χ0) is 89.0. The van der Waals surface area contributed by atoms with E-state index in [1.54, 1.807) is 0 Å². The smallest absolute Gasteiger partial charge is 0.360 e. The number of unbranched alkanes of at least 4 members (excludes halogenated alkanes) is 66. The van der Waals surface area contributed by atoms with Crippen LogP contribution in [0, 0.1) is 0 Å². The minimum absolute atomic E-state index is 0.00507. The van der Waals surface area contributed by atoms with Gasteiger partial charge in [0.05, 0.1) is 13.2 Å². The molecule has 125 heavy (non-hydrogen) atoms. The first kappa shape index (κ1) is 114. The first-order valence-corrected chi connectivity index (χ1v) is 59.5. The lowest BCUT2D eigenvalue weighted by Gasteiger charge is -2.27. The topological polar surface area (TPSA) is 89.5 Å². The van der Waals surface area contributed by atoms with Crippen molar-refractivity contribution in [3.63, 3.8) is 0 Å². The van der Waals surface area contributed by atoms with Crippen LogP contribution in [0.4, 0.5) is 0 Å². The van der Waals surface area contributed by atoms with Gasteiger partial charge in [-0.25, -0.2) is 0 Å². The Bertz CT molecular complexity index is 2800. The van der Waals surface area contributed by atoms with Gasteiger partial charge in [-0.15, -0.1) is 0 Å². The van der Waals surface area contributed by atoms with Crippen molar-refractivity contribution in [2.45, 2.75) is 535 Å². The highest BCUT2D eigenvalue weighted by Gasteiger charge is 2.26. The Kier molecular flexibility index (Phi) is 77.3. The van der Waals surface area contributed by atoms with Gasteiger partial charge in [-0.05, 0) is 146 Å². The summed E-state index contributed by atoms with van der Waals surface area (Å²) in [5.41, 5.74) is 4.80. The third-order valence-corrected chi connectivity index (χ3v) is 31.9. The van der Waals surface area contributed by atoms with Gasteiger partial charge in [-0.3, -0.25) is 9.59 Å². The molecule has 0 saturated heterocycles. The second-order valence-electron chi connectivity index (χ2n) is 37.9. The van der Waals surface area contributed by atoms with Crippen LogP contribution < -0.4 is 18.1 Å². The maximum absolute atomic E-state index is 12.3.